The highest BCUT2D eigenvalue weighted by atomic mass is 32.2. The molecule has 1 amide bonds. The van der Waals surface area contributed by atoms with E-state index in [-0.39, 0.29) is 11.8 Å². The van der Waals surface area contributed by atoms with Crippen LogP contribution in [0.5, 0.6) is 0 Å². The summed E-state index contributed by atoms with van der Waals surface area (Å²) in [7, 11) is 0. The van der Waals surface area contributed by atoms with Crippen LogP contribution in [0.4, 0.5) is 5.69 Å². The van der Waals surface area contributed by atoms with Gasteiger partial charge >= 0.3 is 5.97 Å². The number of nitrogens with one attached hydrogen (secondary N) is 1. The Morgan fingerprint density at radius 1 is 1.18 bits per heavy atom. The van der Waals surface area contributed by atoms with Crippen LogP contribution in [0, 0.1) is 5.92 Å². The fourth-order valence-corrected chi connectivity index (χ4v) is 3.38. The van der Waals surface area contributed by atoms with E-state index in [4.69, 9.17) is 0 Å². The predicted octanol–water partition coefficient (Wildman–Crippen LogP) is 4.41. The Morgan fingerprint density at radius 2 is 1.82 bits per heavy atom. The molecule has 0 fully saturated rings. The lowest BCUT2D eigenvalue weighted by Crippen LogP contribution is -2.22. The molecule has 0 aliphatic heterocycles. The van der Waals surface area contributed by atoms with Gasteiger partial charge in [-0.2, -0.15) is 0 Å². The van der Waals surface area contributed by atoms with Crippen molar-refractivity contribution in [3.63, 3.8) is 0 Å². The number of carbonyl (C=O) groups excluding carboxylic acids is 1. The average Bonchev–Trinajstić information content (AvgIpc) is 2.49. The smallest absolute Gasteiger partial charge is 0.316 e. The third-order valence-corrected chi connectivity index (χ3v) is 4.93. The molecule has 1 atom stereocenters. The number of carbonyl (C=O) groups is 2. The van der Waals surface area contributed by atoms with Gasteiger partial charge in [-0.15, -0.1) is 11.8 Å². The number of benzene rings is 1. The molecule has 0 aromatic heterocycles. The SMILES string of the molecule is CCC[C@H](Sc1ccccc1NC(=O)C(CC)CC)C(=O)O. The molecule has 0 radical (unpaired) electrons. The Balaban J connectivity index is 2.89. The maximum atomic E-state index is 12.2. The van der Waals surface area contributed by atoms with E-state index in [9.17, 15) is 14.7 Å². The van der Waals surface area contributed by atoms with Crippen LogP contribution in [0.25, 0.3) is 0 Å². The molecule has 0 spiro atoms. The second-order valence-corrected chi connectivity index (χ2v) is 6.48. The van der Waals surface area contributed by atoms with Gasteiger partial charge in [0.15, 0.2) is 0 Å². The van der Waals surface area contributed by atoms with Gasteiger partial charge in [0.25, 0.3) is 0 Å². The first-order valence-electron chi connectivity index (χ1n) is 7.82. The first kappa shape index (κ1) is 18.6. The highest BCUT2D eigenvalue weighted by Gasteiger charge is 2.21. The molecular formula is C17H25NO3S. The van der Waals surface area contributed by atoms with Gasteiger partial charge < -0.3 is 10.4 Å². The van der Waals surface area contributed by atoms with Crippen LogP contribution in [0.15, 0.2) is 29.2 Å². The second kappa shape index (κ2) is 9.51. The van der Waals surface area contributed by atoms with Crippen molar-refractivity contribution in [1.29, 1.82) is 0 Å². The van der Waals surface area contributed by atoms with Gasteiger partial charge in [-0.25, -0.2) is 0 Å². The van der Waals surface area contributed by atoms with Crippen LogP contribution in [0.3, 0.4) is 0 Å². The summed E-state index contributed by atoms with van der Waals surface area (Å²) in [5.41, 5.74) is 0.701. The minimum Gasteiger partial charge on any atom is -0.480 e. The normalized spacial score (nSPS) is 12.2. The number of amides is 1. The standard InChI is InChI=1S/C17H25NO3S/c1-4-9-15(17(20)21)22-14-11-8-7-10-13(14)18-16(19)12(5-2)6-3/h7-8,10-12,15H,4-6,9H2,1-3H3,(H,18,19)(H,20,21)/t15-/m0/s1. The quantitative estimate of drug-likeness (QED) is 0.661. The van der Waals surface area contributed by atoms with Crippen LogP contribution >= 0.6 is 11.8 Å². The summed E-state index contributed by atoms with van der Waals surface area (Å²) >= 11 is 1.30. The van der Waals surface area contributed by atoms with Gasteiger partial charge in [0, 0.05) is 10.8 Å². The van der Waals surface area contributed by atoms with E-state index >= 15 is 0 Å². The van der Waals surface area contributed by atoms with Crippen molar-refractivity contribution in [2.75, 3.05) is 5.32 Å². The van der Waals surface area contributed by atoms with Crippen LogP contribution in [-0.4, -0.2) is 22.2 Å². The molecule has 0 saturated carbocycles. The molecule has 4 nitrogen and oxygen atoms in total. The van der Waals surface area contributed by atoms with Crippen molar-refractivity contribution in [3.8, 4) is 0 Å². The lowest BCUT2D eigenvalue weighted by molar-refractivity contribution is -0.136. The zero-order valence-electron chi connectivity index (χ0n) is 13.5. The third-order valence-electron chi connectivity index (χ3n) is 3.60. The Labute approximate surface area is 136 Å². The summed E-state index contributed by atoms with van der Waals surface area (Å²) in [5, 5.41) is 11.8. The van der Waals surface area contributed by atoms with Crippen LogP contribution < -0.4 is 5.32 Å². The first-order valence-corrected chi connectivity index (χ1v) is 8.70. The summed E-state index contributed by atoms with van der Waals surface area (Å²) < 4.78 is 0. The number of hydrogen-bond acceptors (Lipinski definition) is 3. The molecule has 0 aliphatic carbocycles. The van der Waals surface area contributed by atoms with Gasteiger partial charge in [0.1, 0.15) is 5.25 Å². The van der Waals surface area contributed by atoms with E-state index in [0.29, 0.717) is 12.1 Å². The number of para-hydroxylation sites is 1. The number of carboxylic acid groups (broad SMARTS) is 1. The second-order valence-electron chi connectivity index (χ2n) is 5.23. The zero-order valence-corrected chi connectivity index (χ0v) is 14.3. The van der Waals surface area contributed by atoms with E-state index in [1.165, 1.54) is 11.8 Å². The topological polar surface area (TPSA) is 66.4 Å². The molecule has 0 bridgehead atoms. The minimum atomic E-state index is -0.812. The molecule has 2 N–H and O–H groups in total. The maximum absolute atomic E-state index is 12.2. The summed E-state index contributed by atoms with van der Waals surface area (Å²) in [6.07, 6.45) is 3.01. The maximum Gasteiger partial charge on any atom is 0.316 e. The summed E-state index contributed by atoms with van der Waals surface area (Å²) in [5.74, 6) is -0.822. The van der Waals surface area contributed by atoms with E-state index in [2.05, 4.69) is 5.32 Å². The zero-order chi connectivity index (χ0) is 16.5. The molecule has 1 aromatic carbocycles. The molecule has 1 rings (SSSR count). The van der Waals surface area contributed by atoms with Crippen LogP contribution in [0.2, 0.25) is 0 Å². The molecular weight excluding hydrogens is 298 g/mol. The monoisotopic (exact) mass is 323 g/mol. The van der Waals surface area contributed by atoms with Crippen molar-refractivity contribution in [3.05, 3.63) is 24.3 Å². The third kappa shape index (κ3) is 5.37. The molecule has 122 valence electrons. The fraction of sp³-hybridized carbons (Fsp3) is 0.529. The van der Waals surface area contributed by atoms with E-state index < -0.39 is 11.2 Å². The van der Waals surface area contributed by atoms with Crippen molar-refractivity contribution in [1.82, 2.24) is 0 Å². The Bertz CT molecular complexity index is 500. The lowest BCUT2D eigenvalue weighted by atomic mass is 10.0. The first-order chi connectivity index (χ1) is 10.5. The van der Waals surface area contributed by atoms with Gasteiger partial charge in [0.2, 0.25) is 5.91 Å². The molecule has 1 aromatic rings. The summed E-state index contributed by atoms with van der Waals surface area (Å²) in [6, 6.07) is 7.40. The lowest BCUT2D eigenvalue weighted by Gasteiger charge is -2.17. The van der Waals surface area contributed by atoms with E-state index in [1.54, 1.807) is 0 Å². The predicted molar refractivity (Wildman–Crippen MR) is 91.3 cm³/mol. The van der Waals surface area contributed by atoms with E-state index in [0.717, 1.165) is 24.2 Å². The molecule has 0 aliphatic rings. The largest absolute Gasteiger partial charge is 0.480 e. The van der Waals surface area contributed by atoms with Gasteiger partial charge in [-0.05, 0) is 31.4 Å². The van der Waals surface area contributed by atoms with Crippen molar-refractivity contribution < 1.29 is 14.7 Å². The molecule has 0 saturated heterocycles. The highest BCUT2D eigenvalue weighted by molar-refractivity contribution is 8.00. The number of hydrogen-bond donors (Lipinski definition) is 2. The van der Waals surface area contributed by atoms with Gasteiger partial charge in [0.05, 0.1) is 5.69 Å². The summed E-state index contributed by atoms with van der Waals surface area (Å²) in [4.78, 5) is 24.4. The highest BCUT2D eigenvalue weighted by Crippen LogP contribution is 2.33. The van der Waals surface area contributed by atoms with Crippen molar-refractivity contribution in [2.24, 2.45) is 5.92 Å². The molecule has 5 heteroatoms. The Kier molecular flexibility index (Phi) is 8.02. The summed E-state index contributed by atoms with van der Waals surface area (Å²) in [6.45, 7) is 5.96. The number of thioether (sulfide) groups is 1. The minimum absolute atomic E-state index is 0.000386. The fourth-order valence-electron chi connectivity index (χ4n) is 2.22. The molecule has 0 heterocycles. The van der Waals surface area contributed by atoms with Crippen LogP contribution in [-0.2, 0) is 9.59 Å². The van der Waals surface area contributed by atoms with Gasteiger partial charge in [-0.1, -0.05) is 39.3 Å². The number of anilines is 1. The number of aliphatic carboxylic acids is 1. The van der Waals surface area contributed by atoms with E-state index in [1.807, 2.05) is 45.0 Å². The van der Waals surface area contributed by atoms with Gasteiger partial charge in [-0.3, -0.25) is 9.59 Å². The average molecular weight is 323 g/mol. The van der Waals surface area contributed by atoms with Crippen LogP contribution in [0.1, 0.15) is 46.5 Å². The Hall–Kier alpha value is -1.49. The van der Waals surface area contributed by atoms with Crippen molar-refractivity contribution >= 4 is 29.3 Å². The molecule has 0 unspecified atom stereocenters. The number of carboxylic acids is 1. The Morgan fingerprint density at radius 3 is 2.36 bits per heavy atom. The molecule has 22 heavy (non-hydrogen) atoms. The number of rotatable bonds is 9. The van der Waals surface area contributed by atoms with Crippen molar-refractivity contribution in [2.45, 2.75) is 56.6 Å².